The second-order valence-corrected chi connectivity index (χ2v) is 8.37. The quantitative estimate of drug-likeness (QED) is 0.900. The minimum atomic E-state index is -3.54. The predicted molar refractivity (Wildman–Crippen MR) is 85.5 cm³/mol. The molecular weight excluding hydrogens is 324 g/mol. The zero-order chi connectivity index (χ0) is 15.8. The molecule has 122 valence electrons. The maximum Gasteiger partial charge on any atom is 0.244 e. The molecule has 0 radical (unpaired) electrons. The molecule has 1 saturated heterocycles. The summed E-state index contributed by atoms with van der Waals surface area (Å²) in [6.07, 6.45) is 3.14. The van der Waals surface area contributed by atoms with E-state index in [-0.39, 0.29) is 22.1 Å². The van der Waals surface area contributed by atoms with E-state index in [1.807, 2.05) is 0 Å². The van der Waals surface area contributed by atoms with Crippen LogP contribution in [0.2, 0.25) is 5.02 Å². The normalized spacial score (nSPS) is 23.2. The molecule has 0 unspecified atom stereocenters. The average Bonchev–Trinajstić information content (AvgIpc) is 2.47. The van der Waals surface area contributed by atoms with Crippen LogP contribution in [0.15, 0.2) is 29.2 Å². The van der Waals surface area contributed by atoms with Crippen molar-refractivity contribution in [3.63, 3.8) is 0 Å². The number of hydrogen-bond acceptors (Lipinski definition) is 4. The van der Waals surface area contributed by atoms with Gasteiger partial charge in [-0.1, -0.05) is 23.7 Å². The van der Waals surface area contributed by atoms with E-state index >= 15 is 0 Å². The van der Waals surface area contributed by atoms with Crippen LogP contribution in [0.4, 0.5) is 0 Å². The number of aliphatic hydroxyl groups is 1. The van der Waals surface area contributed by atoms with E-state index in [2.05, 4.69) is 4.90 Å². The third kappa shape index (κ3) is 2.67. The van der Waals surface area contributed by atoms with Crippen LogP contribution in [0.5, 0.6) is 0 Å². The molecule has 0 aromatic heterocycles. The van der Waals surface area contributed by atoms with Crippen molar-refractivity contribution < 1.29 is 13.5 Å². The first-order valence-corrected chi connectivity index (χ1v) is 9.42. The molecule has 0 spiro atoms. The Balaban J connectivity index is 1.72. The van der Waals surface area contributed by atoms with E-state index in [9.17, 15) is 13.5 Å². The molecule has 2 fully saturated rings. The number of benzene rings is 1. The van der Waals surface area contributed by atoms with Crippen LogP contribution in [-0.4, -0.2) is 61.1 Å². The summed E-state index contributed by atoms with van der Waals surface area (Å²) >= 11 is 6.03. The van der Waals surface area contributed by atoms with Gasteiger partial charge in [-0.15, -0.1) is 0 Å². The van der Waals surface area contributed by atoms with Crippen LogP contribution in [0.1, 0.15) is 19.3 Å². The number of aliphatic hydroxyl groups excluding tert-OH is 1. The zero-order valence-electron chi connectivity index (χ0n) is 12.4. The highest BCUT2D eigenvalue weighted by molar-refractivity contribution is 7.89. The van der Waals surface area contributed by atoms with E-state index < -0.39 is 10.0 Å². The standard InChI is InChI=1S/C15H21ClN2O3S/c16-13-4-1-2-5-14(13)22(20,21)18-10-8-17(9-11-18)15(12-19)6-3-7-15/h1-2,4-5,19H,3,6-12H2. The Labute approximate surface area is 136 Å². The molecule has 1 heterocycles. The lowest BCUT2D eigenvalue weighted by atomic mass is 9.75. The molecule has 1 saturated carbocycles. The van der Waals surface area contributed by atoms with Crippen molar-refractivity contribution in [1.82, 2.24) is 9.21 Å². The van der Waals surface area contributed by atoms with Crippen molar-refractivity contribution in [1.29, 1.82) is 0 Å². The number of nitrogens with zero attached hydrogens (tertiary/aromatic N) is 2. The van der Waals surface area contributed by atoms with Gasteiger partial charge in [0.2, 0.25) is 10.0 Å². The molecule has 7 heteroatoms. The lowest BCUT2D eigenvalue weighted by Gasteiger charge is -2.51. The highest BCUT2D eigenvalue weighted by atomic mass is 35.5. The molecule has 1 aromatic carbocycles. The predicted octanol–water partition coefficient (Wildman–Crippen LogP) is 1.56. The maximum absolute atomic E-state index is 12.7. The average molecular weight is 345 g/mol. The van der Waals surface area contributed by atoms with Gasteiger partial charge in [0.15, 0.2) is 0 Å². The van der Waals surface area contributed by atoms with Gasteiger partial charge in [0, 0.05) is 31.7 Å². The van der Waals surface area contributed by atoms with Crippen molar-refractivity contribution >= 4 is 21.6 Å². The number of sulfonamides is 1. The molecule has 0 amide bonds. The fourth-order valence-corrected chi connectivity index (χ4v) is 5.27. The molecule has 0 atom stereocenters. The second kappa shape index (κ2) is 6.09. The van der Waals surface area contributed by atoms with Gasteiger partial charge in [-0.05, 0) is 31.4 Å². The smallest absolute Gasteiger partial charge is 0.244 e. The Kier molecular flexibility index (Phi) is 4.49. The summed E-state index contributed by atoms with van der Waals surface area (Å²) in [7, 11) is -3.54. The van der Waals surface area contributed by atoms with E-state index in [0.29, 0.717) is 26.2 Å². The van der Waals surface area contributed by atoms with Crippen molar-refractivity contribution in [2.75, 3.05) is 32.8 Å². The van der Waals surface area contributed by atoms with E-state index in [4.69, 9.17) is 11.6 Å². The minimum Gasteiger partial charge on any atom is -0.394 e. The van der Waals surface area contributed by atoms with E-state index in [1.54, 1.807) is 24.3 Å². The van der Waals surface area contributed by atoms with E-state index in [1.165, 1.54) is 4.31 Å². The topological polar surface area (TPSA) is 60.9 Å². The highest BCUT2D eigenvalue weighted by Crippen LogP contribution is 2.38. The third-order valence-electron chi connectivity index (χ3n) is 4.94. The Morgan fingerprint density at radius 1 is 1.14 bits per heavy atom. The summed E-state index contributed by atoms with van der Waals surface area (Å²) in [5, 5.41) is 9.90. The highest BCUT2D eigenvalue weighted by Gasteiger charge is 2.44. The van der Waals surface area contributed by atoms with Crippen LogP contribution in [0, 0.1) is 0 Å². The van der Waals surface area contributed by atoms with Gasteiger partial charge in [-0.2, -0.15) is 4.31 Å². The molecule has 5 nitrogen and oxygen atoms in total. The van der Waals surface area contributed by atoms with Gasteiger partial charge < -0.3 is 5.11 Å². The Morgan fingerprint density at radius 3 is 2.27 bits per heavy atom. The number of rotatable bonds is 4. The SMILES string of the molecule is O=S(=O)(c1ccccc1Cl)N1CCN(C2(CO)CCC2)CC1. The first-order valence-electron chi connectivity index (χ1n) is 7.60. The van der Waals surface area contributed by atoms with Gasteiger partial charge >= 0.3 is 0 Å². The summed E-state index contributed by atoms with van der Waals surface area (Å²) < 4.78 is 26.9. The summed E-state index contributed by atoms with van der Waals surface area (Å²) in [6.45, 7) is 2.35. The lowest BCUT2D eigenvalue weighted by molar-refractivity contribution is -0.0433. The second-order valence-electron chi connectivity index (χ2n) is 6.06. The summed E-state index contributed by atoms with van der Waals surface area (Å²) in [5.74, 6) is 0. The third-order valence-corrected chi connectivity index (χ3v) is 7.34. The van der Waals surface area contributed by atoms with Crippen molar-refractivity contribution in [2.45, 2.75) is 29.7 Å². The van der Waals surface area contributed by atoms with Gasteiger partial charge in [0.25, 0.3) is 0 Å². The van der Waals surface area contributed by atoms with Crippen LogP contribution < -0.4 is 0 Å². The van der Waals surface area contributed by atoms with Gasteiger partial charge in [-0.25, -0.2) is 8.42 Å². The molecular formula is C15H21ClN2O3S. The summed E-state index contributed by atoms with van der Waals surface area (Å²) in [4.78, 5) is 2.42. The molecule has 1 aliphatic heterocycles. The number of hydrogen-bond donors (Lipinski definition) is 1. The van der Waals surface area contributed by atoms with Crippen molar-refractivity contribution in [2.24, 2.45) is 0 Å². The largest absolute Gasteiger partial charge is 0.394 e. The first kappa shape index (κ1) is 16.2. The van der Waals surface area contributed by atoms with Crippen LogP contribution in [0.25, 0.3) is 0 Å². The zero-order valence-corrected chi connectivity index (χ0v) is 14.0. The van der Waals surface area contributed by atoms with Crippen LogP contribution in [0.3, 0.4) is 0 Å². The molecule has 22 heavy (non-hydrogen) atoms. The van der Waals surface area contributed by atoms with Crippen LogP contribution in [-0.2, 0) is 10.0 Å². The van der Waals surface area contributed by atoms with Gasteiger partial charge in [0.1, 0.15) is 4.90 Å². The Morgan fingerprint density at radius 2 is 1.77 bits per heavy atom. The Bertz CT molecular complexity index is 632. The molecule has 1 aliphatic carbocycles. The molecule has 3 rings (SSSR count). The minimum absolute atomic E-state index is 0.111. The lowest BCUT2D eigenvalue weighted by Crippen LogP contribution is -2.62. The maximum atomic E-state index is 12.7. The number of piperazine rings is 1. The van der Waals surface area contributed by atoms with Crippen molar-refractivity contribution in [3.8, 4) is 0 Å². The molecule has 1 aromatic rings. The summed E-state index contributed by atoms with van der Waals surface area (Å²) in [6, 6.07) is 6.55. The Hall–Kier alpha value is -0.660. The first-order chi connectivity index (χ1) is 10.5. The van der Waals surface area contributed by atoms with E-state index in [0.717, 1.165) is 19.3 Å². The fourth-order valence-electron chi connectivity index (χ4n) is 3.36. The molecule has 1 N–H and O–H groups in total. The van der Waals surface area contributed by atoms with Crippen LogP contribution >= 0.6 is 11.6 Å². The van der Waals surface area contributed by atoms with Crippen molar-refractivity contribution in [3.05, 3.63) is 29.3 Å². The van der Waals surface area contributed by atoms with Gasteiger partial charge in [-0.3, -0.25) is 4.90 Å². The fraction of sp³-hybridized carbons (Fsp3) is 0.600. The molecule has 2 aliphatic rings. The summed E-state index contributed by atoms with van der Waals surface area (Å²) in [5.41, 5.74) is -0.111. The monoisotopic (exact) mass is 344 g/mol. The molecule has 0 bridgehead atoms. The number of halogens is 1. The van der Waals surface area contributed by atoms with Gasteiger partial charge in [0.05, 0.1) is 11.6 Å².